The van der Waals surface area contributed by atoms with Crippen LogP contribution < -0.4 is 5.48 Å². The van der Waals surface area contributed by atoms with Crippen molar-refractivity contribution < 1.29 is 28.0 Å². The largest absolute Gasteiger partial charge is 0.391 e. The molecule has 2 N–H and O–H groups in total. The van der Waals surface area contributed by atoms with Gasteiger partial charge in [-0.15, -0.1) is 0 Å². The van der Waals surface area contributed by atoms with Gasteiger partial charge in [0.1, 0.15) is 0 Å². The van der Waals surface area contributed by atoms with Crippen LogP contribution in [0.4, 0.5) is 13.2 Å². The summed E-state index contributed by atoms with van der Waals surface area (Å²) in [6.45, 7) is 0.0797. The Kier molecular flexibility index (Phi) is 5.61. The highest BCUT2D eigenvalue weighted by molar-refractivity contribution is 5.99. The zero-order chi connectivity index (χ0) is 17.7. The second-order valence-electron chi connectivity index (χ2n) is 5.50. The van der Waals surface area contributed by atoms with Crippen molar-refractivity contribution in [3.8, 4) is 0 Å². The highest BCUT2D eigenvalue weighted by Gasteiger charge is 2.41. The number of halogens is 3. The number of carbonyl (C=O) groups excluding carboxylic acids is 2. The first-order valence-electron chi connectivity index (χ1n) is 7.40. The molecular weight excluding hydrogens is 325 g/mol. The van der Waals surface area contributed by atoms with Gasteiger partial charge in [0.25, 0.3) is 11.8 Å². The van der Waals surface area contributed by atoms with E-state index >= 15 is 0 Å². The van der Waals surface area contributed by atoms with Gasteiger partial charge < -0.3 is 4.90 Å². The Balaban J connectivity index is 2.11. The van der Waals surface area contributed by atoms with E-state index in [0.717, 1.165) is 6.08 Å². The van der Waals surface area contributed by atoms with Crippen LogP contribution in [0.25, 0.3) is 6.08 Å². The number of amides is 2. The van der Waals surface area contributed by atoms with Gasteiger partial charge >= 0.3 is 6.18 Å². The minimum absolute atomic E-state index is 0.0399. The molecule has 1 aliphatic rings. The third-order valence-electron chi connectivity index (χ3n) is 3.96. The van der Waals surface area contributed by atoms with Crippen LogP contribution in [0, 0.1) is 5.92 Å². The van der Waals surface area contributed by atoms with Crippen LogP contribution in [-0.2, 0) is 4.79 Å². The lowest BCUT2D eigenvalue weighted by Crippen LogP contribution is -2.42. The maximum Gasteiger partial charge on any atom is 0.391 e. The summed E-state index contributed by atoms with van der Waals surface area (Å²) >= 11 is 0. The van der Waals surface area contributed by atoms with Crippen LogP contribution in [0.1, 0.15) is 28.8 Å². The third kappa shape index (κ3) is 4.35. The Morgan fingerprint density at radius 1 is 1.21 bits per heavy atom. The first kappa shape index (κ1) is 18.0. The molecule has 0 atom stereocenters. The molecule has 1 aromatic rings. The van der Waals surface area contributed by atoms with Crippen LogP contribution in [0.2, 0.25) is 0 Å². The van der Waals surface area contributed by atoms with Crippen molar-refractivity contribution in [2.24, 2.45) is 5.92 Å². The van der Waals surface area contributed by atoms with Gasteiger partial charge in [0, 0.05) is 24.7 Å². The molecule has 2 rings (SSSR count). The van der Waals surface area contributed by atoms with Gasteiger partial charge in [-0.2, -0.15) is 13.2 Å². The van der Waals surface area contributed by atoms with Crippen LogP contribution in [0.5, 0.6) is 0 Å². The van der Waals surface area contributed by atoms with E-state index in [1.54, 1.807) is 24.3 Å². The summed E-state index contributed by atoms with van der Waals surface area (Å²) < 4.78 is 38.1. The Bertz CT molecular complexity index is 636. The highest BCUT2D eigenvalue weighted by Crippen LogP contribution is 2.34. The number of nitrogens with one attached hydrogen (secondary N) is 1. The number of hydrogen-bond donors (Lipinski definition) is 2. The van der Waals surface area contributed by atoms with Gasteiger partial charge in [-0.1, -0.05) is 18.2 Å². The maximum atomic E-state index is 12.7. The Morgan fingerprint density at radius 2 is 1.83 bits per heavy atom. The second-order valence-corrected chi connectivity index (χ2v) is 5.50. The predicted molar refractivity (Wildman–Crippen MR) is 80.1 cm³/mol. The number of piperidine rings is 1. The average Bonchev–Trinajstić information content (AvgIpc) is 2.58. The molecule has 1 aliphatic heterocycles. The summed E-state index contributed by atoms with van der Waals surface area (Å²) in [5.74, 6) is -2.49. The number of hydroxylamine groups is 1. The first-order chi connectivity index (χ1) is 11.3. The van der Waals surface area contributed by atoms with Crippen LogP contribution in [-0.4, -0.2) is 41.2 Å². The molecule has 1 aromatic carbocycles. The molecule has 1 saturated heterocycles. The summed E-state index contributed by atoms with van der Waals surface area (Å²) in [4.78, 5) is 25.0. The van der Waals surface area contributed by atoms with E-state index < -0.39 is 18.0 Å². The summed E-state index contributed by atoms with van der Waals surface area (Å²) in [6, 6.07) is 6.47. The van der Waals surface area contributed by atoms with E-state index in [1.165, 1.54) is 16.5 Å². The van der Waals surface area contributed by atoms with E-state index in [0.29, 0.717) is 11.1 Å². The van der Waals surface area contributed by atoms with Gasteiger partial charge in [0.05, 0.1) is 5.92 Å². The molecule has 24 heavy (non-hydrogen) atoms. The lowest BCUT2D eigenvalue weighted by Gasteiger charge is -2.33. The van der Waals surface area contributed by atoms with Crippen molar-refractivity contribution in [1.82, 2.24) is 10.4 Å². The number of likely N-dealkylation sites (tertiary alicyclic amines) is 1. The van der Waals surface area contributed by atoms with Gasteiger partial charge in [0.15, 0.2) is 0 Å². The molecule has 0 aromatic heterocycles. The lowest BCUT2D eigenvalue weighted by molar-refractivity contribution is -0.183. The van der Waals surface area contributed by atoms with Crippen molar-refractivity contribution >= 4 is 17.9 Å². The topological polar surface area (TPSA) is 69.6 Å². The fraction of sp³-hybridized carbons (Fsp3) is 0.375. The number of carbonyl (C=O) groups is 2. The normalized spacial score (nSPS) is 16.4. The van der Waals surface area contributed by atoms with E-state index in [4.69, 9.17) is 5.21 Å². The summed E-state index contributed by atoms with van der Waals surface area (Å²) in [7, 11) is 0. The van der Waals surface area contributed by atoms with Crippen molar-refractivity contribution in [3.05, 3.63) is 41.5 Å². The molecule has 1 heterocycles. The van der Waals surface area contributed by atoms with E-state index in [2.05, 4.69) is 0 Å². The zero-order valence-corrected chi connectivity index (χ0v) is 12.7. The smallest absolute Gasteiger partial charge is 0.339 e. The third-order valence-corrected chi connectivity index (χ3v) is 3.96. The Labute approximate surface area is 136 Å². The number of nitrogens with zero attached hydrogens (tertiary/aromatic N) is 1. The summed E-state index contributed by atoms with van der Waals surface area (Å²) in [6.07, 6.45) is -2.03. The monoisotopic (exact) mass is 342 g/mol. The van der Waals surface area contributed by atoms with Crippen molar-refractivity contribution in [1.29, 1.82) is 0 Å². The van der Waals surface area contributed by atoms with E-state index in [-0.39, 0.29) is 31.8 Å². The quantitative estimate of drug-likeness (QED) is 0.504. The highest BCUT2D eigenvalue weighted by atomic mass is 19.4. The molecule has 2 amide bonds. The maximum absolute atomic E-state index is 12.7. The van der Waals surface area contributed by atoms with Gasteiger partial charge in [0.2, 0.25) is 0 Å². The molecule has 0 bridgehead atoms. The van der Waals surface area contributed by atoms with Crippen LogP contribution >= 0.6 is 0 Å². The Hall–Kier alpha value is -2.35. The minimum atomic E-state index is -4.23. The first-order valence-corrected chi connectivity index (χ1v) is 7.40. The molecule has 0 unspecified atom stereocenters. The fourth-order valence-electron chi connectivity index (χ4n) is 2.62. The summed E-state index contributed by atoms with van der Waals surface area (Å²) in [5, 5.41) is 8.47. The SMILES string of the molecule is O=C(/C=C/c1ccccc1C(=O)N1CCC(C(F)(F)F)CC1)NO. The zero-order valence-electron chi connectivity index (χ0n) is 12.7. The fourth-order valence-corrected chi connectivity index (χ4v) is 2.62. The number of hydrogen-bond acceptors (Lipinski definition) is 3. The molecular formula is C16H17F3N2O3. The predicted octanol–water partition coefficient (Wildman–Crippen LogP) is 2.62. The molecule has 0 spiro atoms. The van der Waals surface area contributed by atoms with Crippen molar-refractivity contribution in [2.75, 3.05) is 13.1 Å². The summed E-state index contributed by atoms with van der Waals surface area (Å²) in [5.41, 5.74) is 2.18. The van der Waals surface area contributed by atoms with E-state index in [1.807, 2.05) is 0 Å². The molecule has 0 radical (unpaired) electrons. The average molecular weight is 342 g/mol. The molecule has 0 aliphatic carbocycles. The molecule has 8 heteroatoms. The Morgan fingerprint density at radius 3 is 2.42 bits per heavy atom. The number of alkyl halides is 3. The van der Waals surface area contributed by atoms with Crippen LogP contribution in [0.3, 0.4) is 0 Å². The number of rotatable bonds is 3. The van der Waals surface area contributed by atoms with Crippen LogP contribution in [0.15, 0.2) is 30.3 Å². The lowest BCUT2D eigenvalue weighted by atomic mass is 9.95. The molecule has 1 fully saturated rings. The van der Waals surface area contributed by atoms with Gasteiger partial charge in [-0.05, 0) is 30.5 Å². The molecule has 130 valence electrons. The molecule has 0 saturated carbocycles. The van der Waals surface area contributed by atoms with Gasteiger partial charge in [-0.3, -0.25) is 14.8 Å². The second kappa shape index (κ2) is 7.48. The minimum Gasteiger partial charge on any atom is -0.339 e. The number of benzene rings is 1. The van der Waals surface area contributed by atoms with Crippen molar-refractivity contribution in [3.63, 3.8) is 0 Å². The van der Waals surface area contributed by atoms with Crippen molar-refractivity contribution in [2.45, 2.75) is 19.0 Å². The van der Waals surface area contributed by atoms with E-state index in [9.17, 15) is 22.8 Å². The van der Waals surface area contributed by atoms with Gasteiger partial charge in [-0.25, -0.2) is 5.48 Å². The standard InChI is InChI=1S/C16H17F3N2O3/c17-16(18,19)12-7-9-21(10-8-12)15(23)13-4-2-1-3-11(13)5-6-14(22)20-24/h1-6,12,24H,7-10H2,(H,20,22)/b6-5+. The molecule has 5 nitrogen and oxygen atoms in total.